The Bertz CT molecular complexity index is 553. The summed E-state index contributed by atoms with van der Waals surface area (Å²) in [7, 11) is 0. The summed E-state index contributed by atoms with van der Waals surface area (Å²) in [6.45, 7) is 3.34. The Morgan fingerprint density at radius 3 is 2.65 bits per heavy atom. The number of hydrogen-bond acceptors (Lipinski definition) is 5. The molecule has 0 bridgehead atoms. The van der Waals surface area contributed by atoms with Gasteiger partial charge >= 0.3 is 0 Å². The van der Waals surface area contributed by atoms with Crippen molar-refractivity contribution in [3.05, 3.63) is 18.5 Å². The van der Waals surface area contributed by atoms with E-state index in [0.717, 1.165) is 57.7 Å². The molecule has 3 fully saturated rings. The molecule has 1 N–H and O–H groups in total. The number of hydrogen-bond donors (Lipinski definition) is 1. The van der Waals surface area contributed by atoms with Crippen molar-refractivity contribution in [1.82, 2.24) is 15.3 Å². The number of nitrogens with one attached hydrogen (secondary N) is 1. The molecule has 2 aliphatic heterocycles. The van der Waals surface area contributed by atoms with Crippen LogP contribution in [0.3, 0.4) is 0 Å². The summed E-state index contributed by atoms with van der Waals surface area (Å²) in [6.07, 6.45) is 8.83. The minimum atomic E-state index is 0.156. The molecule has 0 unspecified atom stereocenters. The van der Waals surface area contributed by atoms with Crippen molar-refractivity contribution < 1.29 is 9.53 Å². The van der Waals surface area contributed by atoms with E-state index < -0.39 is 0 Å². The van der Waals surface area contributed by atoms with Gasteiger partial charge in [0.05, 0.1) is 12.6 Å². The summed E-state index contributed by atoms with van der Waals surface area (Å²) in [4.78, 5) is 23.1. The predicted molar refractivity (Wildman–Crippen MR) is 86.0 cm³/mol. The molecular weight excluding hydrogens is 292 g/mol. The van der Waals surface area contributed by atoms with Crippen LogP contribution in [0.4, 0.5) is 5.95 Å². The highest BCUT2D eigenvalue weighted by Crippen LogP contribution is 2.42. The monoisotopic (exact) mass is 316 g/mol. The van der Waals surface area contributed by atoms with Gasteiger partial charge in [0.2, 0.25) is 11.9 Å². The Balaban J connectivity index is 1.43. The van der Waals surface area contributed by atoms with Crippen molar-refractivity contribution in [3.8, 4) is 0 Å². The summed E-state index contributed by atoms with van der Waals surface area (Å²) < 4.78 is 5.67. The number of nitrogens with zero attached hydrogens (tertiary/aromatic N) is 3. The van der Waals surface area contributed by atoms with Gasteiger partial charge in [-0.3, -0.25) is 4.79 Å². The number of aromatic nitrogens is 2. The summed E-state index contributed by atoms with van der Waals surface area (Å²) in [5.41, 5.74) is 0.175. The first-order valence-corrected chi connectivity index (χ1v) is 8.67. The van der Waals surface area contributed by atoms with Gasteiger partial charge in [-0.25, -0.2) is 9.97 Å². The molecule has 1 aromatic heterocycles. The van der Waals surface area contributed by atoms with E-state index in [0.29, 0.717) is 6.61 Å². The normalized spacial score (nSPS) is 27.0. The number of amides is 1. The van der Waals surface area contributed by atoms with Crippen LogP contribution >= 0.6 is 0 Å². The van der Waals surface area contributed by atoms with Gasteiger partial charge in [-0.05, 0) is 43.6 Å². The van der Waals surface area contributed by atoms with E-state index in [9.17, 15) is 4.79 Å². The summed E-state index contributed by atoms with van der Waals surface area (Å²) >= 11 is 0. The zero-order chi connectivity index (χ0) is 15.7. The smallest absolute Gasteiger partial charge is 0.225 e. The molecule has 6 nitrogen and oxygen atoms in total. The zero-order valence-electron chi connectivity index (χ0n) is 13.4. The van der Waals surface area contributed by atoms with Crippen LogP contribution in [-0.4, -0.2) is 48.2 Å². The quantitative estimate of drug-likeness (QED) is 0.912. The van der Waals surface area contributed by atoms with Crippen LogP contribution in [0.5, 0.6) is 0 Å². The maximum Gasteiger partial charge on any atom is 0.225 e. The van der Waals surface area contributed by atoms with Crippen molar-refractivity contribution in [2.24, 2.45) is 11.3 Å². The Kier molecular flexibility index (Phi) is 3.93. The SMILES string of the molecule is O=C(N[C@H]1COCCC12CCN(c1ncccn1)CC2)C1CC1. The van der Waals surface area contributed by atoms with Crippen molar-refractivity contribution in [2.45, 2.75) is 38.1 Å². The van der Waals surface area contributed by atoms with Crippen LogP contribution in [0.2, 0.25) is 0 Å². The van der Waals surface area contributed by atoms with Gasteiger partial charge in [0.25, 0.3) is 0 Å². The predicted octanol–water partition coefficient (Wildman–Crippen LogP) is 1.38. The standard InChI is InChI=1S/C17H24N4O2/c22-15(13-2-3-13)20-14-12-23-11-6-17(14)4-9-21(10-5-17)16-18-7-1-8-19-16/h1,7-8,13-14H,2-6,9-12H2,(H,20,22)/t14-/m0/s1. The van der Waals surface area contributed by atoms with Crippen LogP contribution in [0, 0.1) is 11.3 Å². The maximum atomic E-state index is 12.2. The van der Waals surface area contributed by atoms with E-state index in [1.54, 1.807) is 12.4 Å². The average molecular weight is 316 g/mol. The second kappa shape index (κ2) is 6.07. The Labute approximate surface area is 136 Å². The van der Waals surface area contributed by atoms with Gasteiger partial charge in [-0.15, -0.1) is 0 Å². The number of piperidine rings is 1. The largest absolute Gasteiger partial charge is 0.379 e. The molecule has 4 rings (SSSR count). The van der Waals surface area contributed by atoms with Crippen molar-refractivity contribution >= 4 is 11.9 Å². The third kappa shape index (κ3) is 3.04. The number of anilines is 1. The summed E-state index contributed by atoms with van der Waals surface area (Å²) in [5.74, 6) is 1.30. The van der Waals surface area contributed by atoms with Gasteiger partial charge in [0, 0.05) is 38.0 Å². The topological polar surface area (TPSA) is 67.3 Å². The van der Waals surface area contributed by atoms with Gasteiger partial charge in [-0.1, -0.05) is 0 Å². The number of carbonyl (C=O) groups is 1. The Hall–Kier alpha value is -1.69. The second-order valence-electron chi connectivity index (χ2n) is 7.06. The average Bonchev–Trinajstić information content (AvgIpc) is 3.44. The molecule has 0 radical (unpaired) electrons. The van der Waals surface area contributed by atoms with Crippen molar-refractivity contribution in [1.29, 1.82) is 0 Å². The molecule has 1 aromatic rings. The molecule has 6 heteroatoms. The lowest BCUT2D eigenvalue weighted by Gasteiger charge is -2.49. The first-order valence-electron chi connectivity index (χ1n) is 8.67. The molecular formula is C17H24N4O2. The van der Waals surface area contributed by atoms with Gasteiger partial charge in [0.15, 0.2) is 0 Å². The molecule has 124 valence electrons. The van der Waals surface area contributed by atoms with Crippen molar-refractivity contribution in [3.63, 3.8) is 0 Å². The van der Waals surface area contributed by atoms with E-state index in [4.69, 9.17) is 4.74 Å². The maximum absolute atomic E-state index is 12.2. The molecule has 1 saturated carbocycles. The molecule has 1 atom stereocenters. The summed E-state index contributed by atoms with van der Waals surface area (Å²) in [6, 6.07) is 2.00. The van der Waals surface area contributed by atoms with Crippen LogP contribution < -0.4 is 10.2 Å². The van der Waals surface area contributed by atoms with Crippen LogP contribution in [-0.2, 0) is 9.53 Å². The van der Waals surface area contributed by atoms with E-state index in [1.165, 1.54) is 0 Å². The number of ether oxygens (including phenoxy) is 1. The molecule has 3 heterocycles. The first-order chi connectivity index (χ1) is 11.3. The molecule has 1 spiro atoms. The second-order valence-corrected chi connectivity index (χ2v) is 7.06. The van der Waals surface area contributed by atoms with Crippen LogP contribution in [0.1, 0.15) is 32.1 Å². The Morgan fingerprint density at radius 1 is 1.22 bits per heavy atom. The summed E-state index contributed by atoms with van der Waals surface area (Å²) in [5, 5.41) is 3.28. The zero-order valence-corrected chi connectivity index (χ0v) is 13.4. The lowest BCUT2D eigenvalue weighted by Crippen LogP contribution is -2.58. The third-order valence-corrected chi connectivity index (χ3v) is 5.63. The fourth-order valence-electron chi connectivity index (χ4n) is 3.86. The van der Waals surface area contributed by atoms with Gasteiger partial charge in [-0.2, -0.15) is 0 Å². The van der Waals surface area contributed by atoms with E-state index in [1.807, 2.05) is 6.07 Å². The molecule has 2 saturated heterocycles. The van der Waals surface area contributed by atoms with Crippen LogP contribution in [0.15, 0.2) is 18.5 Å². The number of rotatable bonds is 3. The van der Waals surface area contributed by atoms with Gasteiger partial charge < -0.3 is 15.0 Å². The first kappa shape index (κ1) is 14.9. The minimum absolute atomic E-state index is 0.156. The highest BCUT2D eigenvalue weighted by atomic mass is 16.5. The van der Waals surface area contributed by atoms with E-state index in [-0.39, 0.29) is 23.3 Å². The third-order valence-electron chi connectivity index (χ3n) is 5.63. The van der Waals surface area contributed by atoms with E-state index in [2.05, 4.69) is 20.2 Å². The fourth-order valence-corrected chi connectivity index (χ4v) is 3.86. The Morgan fingerprint density at radius 2 is 1.96 bits per heavy atom. The molecule has 1 amide bonds. The lowest BCUT2D eigenvalue weighted by molar-refractivity contribution is -0.127. The molecule has 1 aliphatic carbocycles. The minimum Gasteiger partial charge on any atom is -0.379 e. The molecule has 3 aliphatic rings. The molecule has 23 heavy (non-hydrogen) atoms. The van der Waals surface area contributed by atoms with Crippen LogP contribution in [0.25, 0.3) is 0 Å². The van der Waals surface area contributed by atoms with Gasteiger partial charge in [0.1, 0.15) is 0 Å². The van der Waals surface area contributed by atoms with E-state index >= 15 is 0 Å². The highest BCUT2D eigenvalue weighted by molar-refractivity contribution is 5.81. The van der Waals surface area contributed by atoms with Crippen molar-refractivity contribution in [2.75, 3.05) is 31.2 Å². The fraction of sp³-hybridized carbons (Fsp3) is 0.706. The lowest BCUT2D eigenvalue weighted by atomic mass is 9.69. The highest BCUT2D eigenvalue weighted by Gasteiger charge is 2.45. The molecule has 0 aromatic carbocycles. The number of carbonyl (C=O) groups excluding carboxylic acids is 1.